The minimum Gasteiger partial charge on any atom is -0.362 e. The van der Waals surface area contributed by atoms with E-state index in [4.69, 9.17) is 4.74 Å². The maximum atomic E-state index is 12.3. The summed E-state index contributed by atoms with van der Waals surface area (Å²) in [6.07, 6.45) is 6.70. The Morgan fingerprint density at radius 3 is 2.83 bits per heavy atom. The monoisotopic (exact) mass is 334 g/mol. The normalized spacial score (nSPS) is 27.4. The lowest BCUT2D eigenvalue weighted by Gasteiger charge is -2.39. The number of carbonyl (C=O) groups excluding carboxylic acids is 1. The number of amides is 1. The number of hydrogen-bond donors (Lipinski definition) is 1. The number of ether oxygens (including phenoxy) is 1. The molecule has 23 heavy (non-hydrogen) atoms. The first-order valence-electron chi connectivity index (χ1n) is 8.93. The molecule has 3 heterocycles. The zero-order valence-electron chi connectivity index (χ0n) is 13.6. The van der Waals surface area contributed by atoms with E-state index in [1.165, 1.54) is 24.3 Å². The highest BCUT2D eigenvalue weighted by molar-refractivity contribution is 7.09. The van der Waals surface area contributed by atoms with Crippen molar-refractivity contribution in [2.45, 2.75) is 56.8 Å². The number of rotatable bonds is 5. The van der Waals surface area contributed by atoms with Gasteiger partial charge in [0, 0.05) is 24.5 Å². The highest BCUT2D eigenvalue weighted by Crippen LogP contribution is 2.40. The molecule has 1 N–H and O–H groups in total. The first-order valence-corrected chi connectivity index (χ1v) is 9.81. The molecule has 1 saturated carbocycles. The third kappa shape index (κ3) is 3.78. The summed E-state index contributed by atoms with van der Waals surface area (Å²) in [6.45, 7) is 4.18. The Morgan fingerprint density at radius 2 is 2.13 bits per heavy atom. The topological polar surface area (TPSA) is 41.6 Å². The number of thiophene rings is 1. The number of nitrogens with zero attached hydrogens (tertiary/aromatic N) is 1. The zero-order chi connectivity index (χ0) is 15.7. The van der Waals surface area contributed by atoms with E-state index in [1.807, 2.05) is 11.4 Å². The van der Waals surface area contributed by atoms with Crippen LogP contribution >= 0.6 is 11.3 Å². The molecule has 0 radical (unpaired) electrons. The van der Waals surface area contributed by atoms with Crippen LogP contribution in [0.5, 0.6) is 0 Å². The molecule has 3 fully saturated rings. The molecular weight excluding hydrogens is 308 g/mol. The zero-order valence-corrected chi connectivity index (χ0v) is 14.4. The van der Waals surface area contributed by atoms with Gasteiger partial charge >= 0.3 is 0 Å². The molecule has 4 nitrogen and oxygen atoms in total. The summed E-state index contributed by atoms with van der Waals surface area (Å²) >= 11 is 1.68. The Bertz CT molecular complexity index is 533. The van der Waals surface area contributed by atoms with Crippen LogP contribution in [-0.2, 0) is 16.1 Å². The third-order valence-corrected chi connectivity index (χ3v) is 6.42. The molecule has 1 spiro atoms. The fraction of sp³-hybridized carbons (Fsp3) is 0.722. The van der Waals surface area contributed by atoms with E-state index in [0.717, 1.165) is 44.7 Å². The number of piperidine rings is 1. The second kappa shape index (κ2) is 6.54. The minimum absolute atomic E-state index is 0.0228. The van der Waals surface area contributed by atoms with Crippen LogP contribution in [-0.4, -0.2) is 42.1 Å². The Hall–Kier alpha value is -0.910. The summed E-state index contributed by atoms with van der Waals surface area (Å²) in [4.78, 5) is 16.1. The molecule has 4 rings (SSSR count). The predicted octanol–water partition coefficient (Wildman–Crippen LogP) is 2.79. The van der Waals surface area contributed by atoms with Crippen LogP contribution in [0.4, 0.5) is 0 Å². The summed E-state index contributed by atoms with van der Waals surface area (Å²) < 4.78 is 6.26. The minimum atomic E-state index is -0.245. The fourth-order valence-electron chi connectivity index (χ4n) is 3.88. The molecule has 1 atom stereocenters. The molecule has 1 amide bonds. The largest absolute Gasteiger partial charge is 0.362 e. The molecule has 0 unspecified atom stereocenters. The van der Waals surface area contributed by atoms with Crippen molar-refractivity contribution in [3.05, 3.63) is 22.4 Å². The molecule has 1 aromatic rings. The van der Waals surface area contributed by atoms with Crippen molar-refractivity contribution in [1.82, 2.24) is 10.2 Å². The van der Waals surface area contributed by atoms with Gasteiger partial charge in [-0.1, -0.05) is 6.07 Å². The van der Waals surface area contributed by atoms with E-state index in [9.17, 15) is 4.79 Å². The highest BCUT2D eigenvalue weighted by Gasteiger charge is 2.45. The van der Waals surface area contributed by atoms with Crippen LogP contribution < -0.4 is 5.32 Å². The maximum absolute atomic E-state index is 12.3. The summed E-state index contributed by atoms with van der Waals surface area (Å²) in [5.74, 6) is 1.03. The van der Waals surface area contributed by atoms with Crippen LogP contribution in [0.25, 0.3) is 0 Å². The van der Waals surface area contributed by atoms with Crippen LogP contribution in [0.3, 0.4) is 0 Å². The fourth-order valence-corrected chi connectivity index (χ4v) is 4.52. The van der Waals surface area contributed by atoms with Crippen molar-refractivity contribution in [1.29, 1.82) is 0 Å². The lowest BCUT2D eigenvalue weighted by molar-refractivity contribution is -0.140. The summed E-state index contributed by atoms with van der Waals surface area (Å²) in [7, 11) is 0. The van der Waals surface area contributed by atoms with Crippen molar-refractivity contribution in [3.8, 4) is 0 Å². The van der Waals surface area contributed by atoms with Crippen molar-refractivity contribution in [3.63, 3.8) is 0 Å². The van der Waals surface area contributed by atoms with Gasteiger partial charge in [-0.15, -0.1) is 11.3 Å². The standard InChI is InChI=1S/C18H26N2O2S/c21-17(19-12-15-2-1-11-23-15)16-5-6-18(22-16)7-9-20(10-8-18)13-14-3-4-14/h1-2,11,14,16H,3-10,12-13H2,(H,19,21)/t16-/m1/s1. The molecule has 1 aromatic heterocycles. The summed E-state index contributed by atoms with van der Waals surface area (Å²) in [5, 5.41) is 5.07. The third-order valence-electron chi connectivity index (χ3n) is 5.54. The van der Waals surface area contributed by atoms with Crippen LogP contribution in [0, 0.1) is 5.92 Å². The molecule has 5 heteroatoms. The van der Waals surface area contributed by atoms with Gasteiger partial charge in [-0.3, -0.25) is 4.79 Å². The molecule has 2 aliphatic heterocycles. The van der Waals surface area contributed by atoms with E-state index in [0.29, 0.717) is 6.54 Å². The number of carbonyl (C=O) groups is 1. The summed E-state index contributed by atoms with van der Waals surface area (Å²) in [6, 6.07) is 4.07. The van der Waals surface area contributed by atoms with E-state index in [2.05, 4.69) is 16.3 Å². The van der Waals surface area contributed by atoms with Crippen LogP contribution in [0.15, 0.2) is 17.5 Å². The SMILES string of the molecule is O=C(NCc1cccs1)[C@H]1CCC2(CCN(CC3CC3)CC2)O1. The molecule has 126 valence electrons. The Kier molecular flexibility index (Phi) is 4.43. The average molecular weight is 334 g/mol. The smallest absolute Gasteiger partial charge is 0.249 e. The quantitative estimate of drug-likeness (QED) is 0.900. The van der Waals surface area contributed by atoms with E-state index < -0.39 is 0 Å². The van der Waals surface area contributed by atoms with Crippen molar-refractivity contribution >= 4 is 17.2 Å². The first kappa shape index (κ1) is 15.6. The van der Waals surface area contributed by atoms with E-state index in [1.54, 1.807) is 11.3 Å². The van der Waals surface area contributed by atoms with Gasteiger partial charge in [0.15, 0.2) is 0 Å². The molecule has 3 aliphatic rings. The Balaban J connectivity index is 1.24. The van der Waals surface area contributed by atoms with Gasteiger partial charge < -0.3 is 15.0 Å². The Morgan fingerprint density at radius 1 is 1.30 bits per heavy atom. The molecule has 1 aliphatic carbocycles. The van der Waals surface area contributed by atoms with Gasteiger partial charge in [-0.25, -0.2) is 0 Å². The average Bonchev–Trinajstić information content (AvgIpc) is 3.07. The number of likely N-dealkylation sites (tertiary alicyclic amines) is 1. The highest BCUT2D eigenvalue weighted by atomic mass is 32.1. The predicted molar refractivity (Wildman–Crippen MR) is 91.4 cm³/mol. The van der Waals surface area contributed by atoms with Crippen molar-refractivity contribution in [2.75, 3.05) is 19.6 Å². The van der Waals surface area contributed by atoms with Crippen molar-refractivity contribution < 1.29 is 9.53 Å². The van der Waals surface area contributed by atoms with E-state index in [-0.39, 0.29) is 17.6 Å². The number of nitrogens with one attached hydrogen (secondary N) is 1. The van der Waals surface area contributed by atoms with Crippen molar-refractivity contribution in [2.24, 2.45) is 5.92 Å². The second-order valence-corrected chi connectivity index (χ2v) is 8.40. The van der Waals surface area contributed by atoms with Gasteiger partial charge in [0.25, 0.3) is 0 Å². The van der Waals surface area contributed by atoms with Gasteiger partial charge in [-0.05, 0) is 55.9 Å². The van der Waals surface area contributed by atoms with Gasteiger partial charge in [0.2, 0.25) is 5.91 Å². The van der Waals surface area contributed by atoms with E-state index >= 15 is 0 Å². The summed E-state index contributed by atoms with van der Waals surface area (Å²) in [5.41, 5.74) is -0.0228. The maximum Gasteiger partial charge on any atom is 0.249 e. The molecular formula is C18H26N2O2S. The molecule has 0 aromatic carbocycles. The van der Waals surface area contributed by atoms with Gasteiger partial charge in [0.1, 0.15) is 6.10 Å². The molecule has 2 saturated heterocycles. The lowest BCUT2D eigenvalue weighted by atomic mass is 9.88. The van der Waals surface area contributed by atoms with Crippen LogP contribution in [0.2, 0.25) is 0 Å². The first-order chi connectivity index (χ1) is 11.2. The second-order valence-electron chi connectivity index (χ2n) is 7.37. The Labute approximate surface area is 142 Å². The molecule has 0 bridgehead atoms. The lowest BCUT2D eigenvalue weighted by Crippen LogP contribution is -2.46. The van der Waals surface area contributed by atoms with Gasteiger partial charge in [0.05, 0.1) is 12.1 Å². The van der Waals surface area contributed by atoms with Gasteiger partial charge in [-0.2, -0.15) is 0 Å². The number of hydrogen-bond acceptors (Lipinski definition) is 4. The van der Waals surface area contributed by atoms with Crippen LogP contribution in [0.1, 0.15) is 43.4 Å².